The van der Waals surface area contributed by atoms with E-state index in [9.17, 15) is 14.4 Å². The smallest absolute Gasteiger partial charge is 0.244 e. The SMILES string of the molecule is CCN(C(=O)CCC(=O)N1CC(=O)Nc2ccccc21)C1CCN(C)CC1. The number of likely N-dealkylation sites (tertiary alicyclic amines) is 1. The van der Waals surface area contributed by atoms with Crippen LogP contribution in [0.2, 0.25) is 0 Å². The van der Waals surface area contributed by atoms with E-state index in [-0.39, 0.29) is 43.1 Å². The molecule has 146 valence electrons. The molecule has 0 spiro atoms. The molecule has 7 heteroatoms. The molecule has 3 amide bonds. The van der Waals surface area contributed by atoms with Crippen LogP contribution in [0.5, 0.6) is 0 Å². The van der Waals surface area contributed by atoms with Crippen LogP contribution in [-0.4, -0.2) is 66.8 Å². The van der Waals surface area contributed by atoms with Crippen molar-refractivity contribution in [2.75, 3.05) is 43.4 Å². The van der Waals surface area contributed by atoms with Crippen LogP contribution >= 0.6 is 0 Å². The van der Waals surface area contributed by atoms with E-state index in [1.807, 2.05) is 30.0 Å². The van der Waals surface area contributed by atoms with E-state index in [2.05, 4.69) is 17.3 Å². The first-order chi connectivity index (χ1) is 13.0. The predicted octanol–water partition coefficient (Wildman–Crippen LogP) is 1.69. The molecule has 1 aromatic rings. The van der Waals surface area contributed by atoms with Crippen molar-refractivity contribution in [1.29, 1.82) is 0 Å². The molecule has 2 aliphatic heterocycles. The van der Waals surface area contributed by atoms with Crippen LogP contribution < -0.4 is 10.2 Å². The number of hydrogen-bond acceptors (Lipinski definition) is 4. The number of amides is 3. The van der Waals surface area contributed by atoms with Gasteiger partial charge in [-0.1, -0.05) is 12.1 Å². The molecular weight excluding hydrogens is 344 g/mol. The first-order valence-corrected chi connectivity index (χ1v) is 9.67. The Bertz CT molecular complexity index is 713. The van der Waals surface area contributed by atoms with E-state index in [1.54, 1.807) is 6.07 Å². The van der Waals surface area contributed by atoms with Gasteiger partial charge in [-0.3, -0.25) is 14.4 Å². The zero-order chi connectivity index (χ0) is 19.4. The highest BCUT2D eigenvalue weighted by molar-refractivity contribution is 6.10. The lowest BCUT2D eigenvalue weighted by molar-refractivity contribution is -0.135. The summed E-state index contributed by atoms with van der Waals surface area (Å²) in [4.78, 5) is 43.0. The fourth-order valence-corrected chi connectivity index (χ4v) is 3.89. The van der Waals surface area contributed by atoms with Gasteiger partial charge in [-0.25, -0.2) is 0 Å². The van der Waals surface area contributed by atoms with Crippen LogP contribution in [0.4, 0.5) is 11.4 Å². The average molecular weight is 372 g/mol. The number of para-hydroxylation sites is 2. The molecule has 0 unspecified atom stereocenters. The number of anilines is 2. The predicted molar refractivity (Wildman–Crippen MR) is 105 cm³/mol. The number of rotatable bonds is 5. The number of hydrogen-bond donors (Lipinski definition) is 1. The molecule has 0 radical (unpaired) electrons. The lowest BCUT2D eigenvalue weighted by atomic mass is 10.0. The van der Waals surface area contributed by atoms with Crippen molar-refractivity contribution in [2.24, 2.45) is 0 Å². The van der Waals surface area contributed by atoms with Gasteiger partial charge >= 0.3 is 0 Å². The summed E-state index contributed by atoms with van der Waals surface area (Å²) >= 11 is 0. The van der Waals surface area contributed by atoms with Gasteiger partial charge in [-0.2, -0.15) is 0 Å². The number of carbonyl (C=O) groups excluding carboxylic acids is 3. The van der Waals surface area contributed by atoms with E-state index >= 15 is 0 Å². The molecule has 3 rings (SSSR count). The average Bonchev–Trinajstić information content (AvgIpc) is 2.67. The van der Waals surface area contributed by atoms with Gasteiger partial charge in [0, 0.05) is 25.4 Å². The van der Waals surface area contributed by atoms with Gasteiger partial charge in [-0.15, -0.1) is 0 Å². The second kappa shape index (κ2) is 8.52. The first-order valence-electron chi connectivity index (χ1n) is 9.67. The summed E-state index contributed by atoms with van der Waals surface area (Å²) in [6.45, 7) is 4.64. The zero-order valence-electron chi connectivity index (χ0n) is 16.1. The van der Waals surface area contributed by atoms with Crippen LogP contribution in [0.25, 0.3) is 0 Å². The monoisotopic (exact) mass is 372 g/mol. The van der Waals surface area contributed by atoms with Crippen molar-refractivity contribution in [3.05, 3.63) is 24.3 Å². The highest BCUT2D eigenvalue weighted by Gasteiger charge is 2.29. The molecule has 1 fully saturated rings. The fraction of sp³-hybridized carbons (Fsp3) is 0.550. The van der Waals surface area contributed by atoms with E-state index in [0.717, 1.165) is 25.9 Å². The van der Waals surface area contributed by atoms with Gasteiger partial charge in [0.2, 0.25) is 17.7 Å². The normalized spacial score (nSPS) is 18.0. The highest BCUT2D eigenvalue weighted by atomic mass is 16.2. The minimum Gasteiger partial charge on any atom is -0.340 e. The van der Waals surface area contributed by atoms with Gasteiger partial charge in [0.15, 0.2) is 0 Å². The Morgan fingerprint density at radius 1 is 1.19 bits per heavy atom. The summed E-state index contributed by atoms with van der Waals surface area (Å²) in [6.07, 6.45) is 2.25. The molecule has 2 aliphatic rings. The van der Waals surface area contributed by atoms with Crippen LogP contribution in [0.1, 0.15) is 32.6 Å². The number of carbonyl (C=O) groups is 3. The Labute approximate surface area is 160 Å². The molecular formula is C20H28N4O3. The largest absolute Gasteiger partial charge is 0.340 e. The quantitative estimate of drug-likeness (QED) is 0.854. The molecule has 27 heavy (non-hydrogen) atoms. The Balaban J connectivity index is 1.60. The third-order valence-corrected chi connectivity index (χ3v) is 5.41. The minimum absolute atomic E-state index is 0.00348. The van der Waals surface area contributed by atoms with Gasteiger partial charge in [-0.05, 0) is 52.0 Å². The third kappa shape index (κ3) is 4.47. The van der Waals surface area contributed by atoms with Crippen molar-refractivity contribution in [1.82, 2.24) is 9.80 Å². The van der Waals surface area contributed by atoms with E-state index in [1.165, 1.54) is 4.90 Å². The number of piperidine rings is 1. The molecule has 7 nitrogen and oxygen atoms in total. The molecule has 0 atom stereocenters. The molecule has 1 N–H and O–H groups in total. The summed E-state index contributed by atoms with van der Waals surface area (Å²) in [7, 11) is 2.10. The number of fused-ring (bicyclic) bond motifs is 1. The van der Waals surface area contributed by atoms with Crippen molar-refractivity contribution < 1.29 is 14.4 Å². The highest BCUT2D eigenvalue weighted by Crippen LogP contribution is 2.29. The maximum Gasteiger partial charge on any atom is 0.244 e. The zero-order valence-corrected chi connectivity index (χ0v) is 16.1. The number of nitrogens with one attached hydrogen (secondary N) is 1. The minimum atomic E-state index is -0.213. The van der Waals surface area contributed by atoms with Gasteiger partial charge in [0.1, 0.15) is 6.54 Å². The summed E-state index contributed by atoms with van der Waals surface area (Å²) in [5.41, 5.74) is 1.33. The molecule has 0 aromatic heterocycles. The number of nitrogens with zero attached hydrogens (tertiary/aromatic N) is 3. The van der Waals surface area contributed by atoms with Crippen LogP contribution in [-0.2, 0) is 14.4 Å². The molecule has 0 saturated carbocycles. The van der Waals surface area contributed by atoms with Crippen LogP contribution in [0, 0.1) is 0 Å². The molecule has 0 aliphatic carbocycles. The van der Waals surface area contributed by atoms with Crippen molar-refractivity contribution in [2.45, 2.75) is 38.6 Å². The second-order valence-electron chi connectivity index (χ2n) is 7.26. The second-order valence-corrected chi connectivity index (χ2v) is 7.26. The number of benzene rings is 1. The van der Waals surface area contributed by atoms with Gasteiger partial charge in [0.05, 0.1) is 11.4 Å². The van der Waals surface area contributed by atoms with Crippen molar-refractivity contribution >= 4 is 29.1 Å². The summed E-state index contributed by atoms with van der Waals surface area (Å²) in [6, 6.07) is 7.50. The maximum atomic E-state index is 12.7. The van der Waals surface area contributed by atoms with E-state index < -0.39 is 0 Å². The lowest BCUT2D eigenvalue weighted by Crippen LogP contribution is -2.47. The summed E-state index contributed by atoms with van der Waals surface area (Å²) in [5.74, 6) is -0.380. The van der Waals surface area contributed by atoms with Crippen molar-refractivity contribution in [3.63, 3.8) is 0 Å². The van der Waals surface area contributed by atoms with E-state index in [4.69, 9.17) is 0 Å². The van der Waals surface area contributed by atoms with Crippen LogP contribution in [0.15, 0.2) is 24.3 Å². The van der Waals surface area contributed by atoms with Gasteiger partial charge < -0.3 is 20.0 Å². The summed E-state index contributed by atoms with van der Waals surface area (Å²) in [5, 5.41) is 2.77. The molecule has 0 bridgehead atoms. The molecule has 1 aromatic carbocycles. The van der Waals surface area contributed by atoms with Gasteiger partial charge in [0.25, 0.3) is 0 Å². The molecule has 2 heterocycles. The fourth-order valence-electron chi connectivity index (χ4n) is 3.89. The Kier molecular flexibility index (Phi) is 6.11. The first kappa shape index (κ1) is 19.4. The van der Waals surface area contributed by atoms with Crippen LogP contribution in [0.3, 0.4) is 0 Å². The standard InChI is InChI=1S/C20H28N4O3/c1-3-23(15-10-12-22(2)13-11-15)19(26)8-9-20(27)24-14-18(25)21-16-6-4-5-7-17(16)24/h4-7,15H,3,8-14H2,1-2H3,(H,21,25). The Morgan fingerprint density at radius 2 is 1.89 bits per heavy atom. The molecule has 1 saturated heterocycles. The summed E-state index contributed by atoms with van der Waals surface area (Å²) < 4.78 is 0. The lowest BCUT2D eigenvalue weighted by Gasteiger charge is -2.37. The van der Waals surface area contributed by atoms with E-state index in [0.29, 0.717) is 17.9 Å². The topological polar surface area (TPSA) is 73.0 Å². The maximum absolute atomic E-state index is 12.7. The third-order valence-electron chi connectivity index (χ3n) is 5.41. The Morgan fingerprint density at radius 3 is 2.59 bits per heavy atom. The Hall–Kier alpha value is -2.41. The van der Waals surface area contributed by atoms with Crippen molar-refractivity contribution in [3.8, 4) is 0 Å².